The van der Waals surface area contributed by atoms with E-state index in [4.69, 9.17) is 4.42 Å². The molecule has 2 heterocycles. The average molecular weight is 421 g/mol. The van der Waals surface area contributed by atoms with Gasteiger partial charge in [-0.2, -0.15) is 4.31 Å². The predicted octanol–water partition coefficient (Wildman–Crippen LogP) is 2.56. The molecule has 0 aliphatic carbocycles. The molecule has 10 heteroatoms. The van der Waals surface area contributed by atoms with Gasteiger partial charge in [0, 0.05) is 38.2 Å². The number of amides is 1. The quantitative estimate of drug-likeness (QED) is 0.523. The molecule has 0 unspecified atom stereocenters. The Morgan fingerprint density at radius 2 is 2.00 bits per heavy atom. The van der Waals surface area contributed by atoms with E-state index in [1.54, 1.807) is 37.3 Å². The normalized spacial score (nSPS) is 15.9. The molecule has 1 aromatic carbocycles. The molecule has 29 heavy (non-hydrogen) atoms. The van der Waals surface area contributed by atoms with Crippen LogP contribution >= 0.6 is 0 Å². The number of sulfonamides is 1. The van der Waals surface area contributed by atoms with Crippen LogP contribution in [0.1, 0.15) is 24.2 Å². The summed E-state index contributed by atoms with van der Waals surface area (Å²) >= 11 is 0. The molecule has 9 nitrogen and oxygen atoms in total. The van der Waals surface area contributed by atoms with Crippen LogP contribution < -0.4 is 0 Å². The Hall–Kier alpha value is -2.72. The first-order valence-corrected chi connectivity index (χ1v) is 10.7. The van der Waals surface area contributed by atoms with Crippen molar-refractivity contribution in [2.24, 2.45) is 5.92 Å². The van der Waals surface area contributed by atoms with Gasteiger partial charge in [0.05, 0.1) is 22.6 Å². The molecule has 2 aromatic rings. The Kier molecular flexibility index (Phi) is 6.04. The van der Waals surface area contributed by atoms with Gasteiger partial charge in [-0.3, -0.25) is 14.9 Å². The third kappa shape index (κ3) is 4.48. The zero-order valence-corrected chi connectivity index (χ0v) is 17.1. The Balaban J connectivity index is 1.67. The van der Waals surface area contributed by atoms with Crippen LogP contribution in [0.4, 0.5) is 5.69 Å². The number of carbonyl (C=O) groups is 1. The molecule has 1 aliphatic rings. The highest BCUT2D eigenvalue weighted by Crippen LogP contribution is 2.29. The van der Waals surface area contributed by atoms with Gasteiger partial charge in [0.1, 0.15) is 5.76 Å². The average Bonchev–Trinajstić information content (AvgIpc) is 3.20. The van der Waals surface area contributed by atoms with Crippen molar-refractivity contribution in [2.45, 2.75) is 31.2 Å². The van der Waals surface area contributed by atoms with Crippen molar-refractivity contribution in [3.63, 3.8) is 0 Å². The molecule has 0 radical (unpaired) electrons. The maximum Gasteiger partial charge on any atom is 0.270 e. The molecule has 1 fully saturated rings. The maximum absolute atomic E-state index is 13.0. The number of aryl methyl sites for hydroxylation is 1. The van der Waals surface area contributed by atoms with Gasteiger partial charge in [-0.25, -0.2) is 8.42 Å². The van der Waals surface area contributed by atoms with Crippen molar-refractivity contribution < 1.29 is 22.6 Å². The molecular formula is C19H23N3O6S. The fraction of sp³-hybridized carbons (Fsp3) is 0.421. The zero-order valence-electron chi connectivity index (χ0n) is 16.3. The summed E-state index contributed by atoms with van der Waals surface area (Å²) in [5.74, 6) is 0.361. The number of hydrogen-bond donors (Lipinski definition) is 0. The zero-order chi connectivity index (χ0) is 21.2. The number of hydrogen-bond acceptors (Lipinski definition) is 6. The second kappa shape index (κ2) is 8.34. The minimum absolute atomic E-state index is 0.0509. The maximum atomic E-state index is 13.0. The topological polar surface area (TPSA) is 114 Å². The van der Waals surface area contributed by atoms with Crippen LogP contribution in [0.25, 0.3) is 0 Å². The third-order valence-electron chi connectivity index (χ3n) is 5.15. The van der Waals surface area contributed by atoms with Crippen LogP contribution in [0.5, 0.6) is 0 Å². The van der Waals surface area contributed by atoms with E-state index in [0.717, 1.165) is 6.07 Å². The molecule has 0 saturated carbocycles. The number of non-ortho nitro benzene ring substituents is 1. The first kappa shape index (κ1) is 21.0. The van der Waals surface area contributed by atoms with E-state index in [1.165, 1.54) is 16.4 Å². The van der Waals surface area contributed by atoms with Gasteiger partial charge < -0.3 is 9.32 Å². The van der Waals surface area contributed by atoms with Gasteiger partial charge in [-0.15, -0.1) is 0 Å². The van der Waals surface area contributed by atoms with Crippen LogP contribution in [0, 0.1) is 23.0 Å². The molecule has 0 N–H and O–H groups in total. The molecule has 1 aliphatic heterocycles. The van der Waals surface area contributed by atoms with E-state index >= 15 is 0 Å². The van der Waals surface area contributed by atoms with Crippen molar-refractivity contribution in [1.29, 1.82) is 0 Å². The van der Waals surface area contributed by atoms with Gasteiger partial charge in [0.15, 0.2) is 0 Å². The number of carbonyl (C=O) groups excluding carboxylic acids is 1. The van der Waals surface area contributed by atoms with E-state index in [-0.39, 0.29) is 35.5 Å². The Labute approximate surface area is 169 Å². The third-order valence-corrected chi connectivity index (χ3v) is 7.19. The van der Waals surface area contributed by atoms with Gasteiger partial charge in [0.25, 0.3) is 5.69 Å². The van der Waals surface area contributed by atoms with Crippen molar-refractivity contribution in [3.8, 4) is 0 Å². The summed E-state index contributed by atoms with van der Waals surface area (Å²) in [6, 6.07) is 7.37. The largest absolute Gasteiger partial charge is 0.467 e. The van der Waals surface area contributed by atoms with E-state index in [0.29, 0.717) is 30.7 Å². The van der Waals surface area contributed by atoms with Crippen LogP contribution in [0.2, 0.25) is 0 Å². The molecule has 156 valence electrons. The first-order valence-electron chi connectivity index (χ1n) is 9.22. The van der Waals surface area contributed by atoms with Crippen molar-refractivity contribution >= 4 is 21.6 Å². The van der Waals surface area contributed by atoms with Crippen LogP contribution in [-0.2, 0) is 21.4 Å². The minimum atomic E-state index is -3.87. The van der Waals surface area contributed by atoms with E-state index in [2.05, 4.69) is 0 Å². The summed E-state index contributed by atoms with van der Waals surface area (Å²) in [6.07, 6.45) is 2.34. The van der Waals surface area contributed by atoms with Crippen molar-refractivity contribution in [1.82, 2.24) is 9.21 Å². The number of furan rings is 1. The van der Waals surface area contributed by atoms with Gasteiger partial charge in [-0.05, 0) is 37.5 Å². The molecule has 0 bridgehead atoms. The number of benzene rings is 1. The van der Waals surface area contributed by atoms with Gasteiger partial charge >= 0.3 is 0 Å². The molecule has 3 rings (SSSR count). The fourth-order valence-corrected chi connectivity index (χ4v) is 5.20. The van der Waals surface area contributed by atoms with Crippen LogP contribution in [0.15, 0.2) is 45.9 Å². The lowest BCUT2D eigenvalue weighted by atomic mass is 9.96. The molecular weight excluding hydrogens is 398 g/mol. The molecule has 0 atom stereocenters. The number of piperidine rings is 1. The summed E-state index contributed by atoms with van der Waals surface area (Å²) in [5.41, 5.74) is 0.186. The van der Waals surface area contributed by atoms with E-state index in [1.807, 2.05) is 0 Å². The highest BCUT2D eigenvalue weighted by Gasteiger charge is 2.34. The van der Waals surface area contributed by atoms with Gasteiger partial charge in [0.2, 0.25) is 15.9 Å². The fourth-order valence-electron chi connectivity index (χ4n) is 3.49. The highest BCUT2D eigenvalue weighted by atomic mass is 32.2. The Morgan fingerprint density at radius 1 is 1.31 bits per heavy atom. The van der Waals surface area contributed by atoms with Crippen LogP contribution in [-0.4, -0.2) is 48.6 Å². The Bertz CT molecular complexity index is 995. The lowest BCUT2D eigenvalue weighted by molar-refractivity contribution is -0.385. The minimum Gasteiger partial charge on any atom is -0.467 e. The molecule has 1 saturated heterocycles. The van der Waals surface area contributed by atoms with E-state index in [9.17, 15) is 23.3 Å². The number of rotatable bonds is 6. The number of nitrogens with zero attached hydrogens (tertiary/aromatic N) is 3. The predicted molar refractivity (Wildman–Crippen MR) is 104 cm³/mol. The highest BCUT2D eigenvalue weighted by molar-refractivity contribution is 7.89. The summed E-state index contributed by atoms with van der Waals surface area (Å²) in [5, 5.41) is 11.0. The van der Waals surface area contributed by atoms with Crippen molar-refractivity contribution in [3.05, 3.63) is 58.0 Å². The monoisotopic (exact) mass is 421 g/mol. The SMILES string of the molecule is Cc1ccc([N+](=O)[O-])cc1S(=O)(=O)N1CCC(C(=O)N(C)Cc2ccco2)CC1. The van der Waals surface area contributed by atoms with Crippen molar-refractivity contribution in [2.75, 3.05) is 20.1 Å². The summed E-state index contributed by atoms with van der Waals surface area (Å²) in [4.78, 5) is 24.6. The molecule has 1 amide bonds. The lowest BCUT2D eigenvalue weighted by Gasteiger charge is -2.32. The number of nitro benzene ring substituents is 1. The molecule has 1 aromatic heterocycles. The first-order chi connectivity index (χ1) is 13.7. The summed E-state index contributed by atoms with van der Waals surface area (Å²) < 4.78 is 32.6. The Morgan fingerprint density at radius 3 is 2.59 bits per heavy atom. The smallest absolute Gasteiger partial charge is 0.270 e. The lowest BCUT2D eigenvalue weighted by Crippen LogP contribution is -2.43. The van der Waals surface area contributed by atoms with E-state index < -0.39 is 14.9 Å². The second-order valence-corrected chi connectivity index (χ2v) is 9.07. The standard InChI is InChI=1S/C19H23N3O6S/c1-14-5-6-16(22(24)25)12-18(14)29(26,27)21-9-7-15(8-10-21)19(23)20(2)13-17-4-3-11-28-17/h3-6,11-12,15H,7-10,13H2,1-2H3. The summed E-state index contributed by atoms with van der Waals surface area (Å²) in [6.45, 7) is 2.35. The molecule has 0 spiro atoms. The van der Waals surface area contributed by atoms with Crippen LogP contribution in [0.3, 0.4) is 0 Å². The summed E-state index contributed by atoms with van der Waals surface area (Å²) in [7, 11) is -2.18. The second-order valence-electron chi connectivity index (χ2n) is 7.16. The number of nitro groups is 1. The van der Waals surface area contributed by atoms with Gasteiger partial charge in [-0.1, -0.05) is 6.07 Å².